The first-order chi connectivity index (χ1) is 15.3. The molecule has 3 amide bonds. The molecular weight excluding hydrogens is 480 g/mol. The van der Waals surface area contributed by atoms with E-state index in [0.717, 1.165) is 0 Å². The zero-order chi connectivity index (χ0) is 23.5. The third kappa shape index (κ3) is 8.03. The Morgan fingerprint density at radius 1 is 1.12 bits per heavy atom. The minimum absolute atomic E-state index is 0.223. The molecular formula is C22H25BrN4O5. The summed E-state index contributed by atoms with van der Waals surface area (Å²) in [6, 6.07) is 12.3. The van der Waals surface area contributed by atoms with Crippen molar-refractivity contribution in [2.45, 2.75) is 13.8 Å². The molecule has 0 aliphatic heterocycles. The lowest BCUT2D eigenvalue weighted by atomic mass is 10.2. The van der Waals surface area contributed by atoms with E-state index in [1.807, 2.05) is 32.0 Å². The number of anilines is 1. The number of carbonyl (C=O) groups is 3. The summed E-state index contributed by atoms with van der Waals surface area (Å²) >= 11 is 3.38. The van der Waals surface area contributed by atoms with E-state index in [2.05, 4.69) is 37.1 Å². The maximum atomic E-state index is 12.1. The monoisotopic (exact) mass is 504 g/mol. The third-order valence-corrected chi connectivity index (χ3v) is 4.50. The van der Waals surface area contributed by atoms with Gasteiger partial charge in [-0.3, -0.25) is 14.4 Å². The number of hydrazone groups is 1. The van der Waals surface area contributed by atoms with Crippen molar-refractivity contribution >= 4 is 45.6 Å². The van der Waals surface area contributed by atoms with Gasteiger partial charge in [0, 0.05) is 12.2 Å². The zero-order valence-electron chi connectivity index (χ0n) is 18.0. The Bertz CT molecular complexity index is 980. The molecule has 2 rings (SSSR count). The molecule has 9 nitrogen and oxygen atoms in total. The minimum Gasteiger partial charge on any atom is -0.493 e. The molecule has 10 heteroatoms. The number of halogens is 1. The van der Waals surface area contributed by atoms with Crippen LogP contribution >= 0.6 is 15.9 Å². The van der Waals surface area contributed by atoms with Gasteiger partial charge >= 0.3 is 11.8 Å². The number of nitrogens with zero attached hydrogens (tertiary/aromatic N) is 1. The third-order valence-electron chi connectivity index (χ3n) is 3.91. The molecule has 0 fully saturated rings. The van der Waals surface area contributed by atoms with E-state index in [1.54, 1.807) is 24.3 Å². The van der Waals surface area contributed by atoms with Gasteiger partial charge in [-0.25, -0.2) is 5.43 Å². The van der Waals surface area contributed by atoms with Crippen molar-refractivity contribution in [1.82, 2.24) is 10.7 Å². The number of amides is 3. The molecule has 0 spiro atoms. The molecule has 0 atom stereocenters. The topological polar surface area (TPSA) is 118 Å². The first-order valence-electron chi connectivity index (χ1n) is 9.76. The predicted molar refractivity (Wildman–Crippen MR) is 125 cm³/mol. The minimum atomic E-state index is -0.864. The number of methoxy groups -OCH3 is 1. The smallest absolute Gasteiger partial charge is 0.329 e. The molecule has 0 radical (unpaired) electrons. The van der Waals surface area contributed by atoms with Gasteiger partial charge in [-0.05, 0) is 51.7 Å². The van der Waals surface area contributed by atoms with Crippen LogP contribution in [0.25, 0.3) is 0 Å². The second-order valence-electron chi connectivity index (χ2n) is 7.04. The summed E-state index contributed by atoms with van der Waals surface area (Å²) < 4.78 is 11.5. The Morgan fingerprint density at radius 3 is 2.50 bits per heavy atom. The molecule has 0 aromatic heterocycles. The molecule has 0 saturated heterocycles. The standard InChI is InChI=1S/C22H25BrN4O5/c1-14(2)11-24-21(29)22(30)27-25-12-15-9-17(23)20(18(10-15)31-3)32-13-19(28)26-16-7-5-4-6-8-16/h4-10,12,14H,11,13H2,1-3H3,(H,24,29)(H,26,28)(H,27,30)/b25-12-. The highest BCUT2D eigenvalue weighted by Crippen LogP contribution is 2.36. The molecule has 0 bridgehead atoms. The van der Waals surface area contributed by atoms with E-state index in [-0.39, 0.29) is 18.4 Å². The van der Waals surface area contributed by atoms with Crippen molar-refractivity contribution in [3.8, 4) is 11.5 Å². The highest BCUT2D eigenvalue weighted by molar-refractivity contribution is 9.10. The van der Waals surface area contributed by atoms with Gasteiger partial charge in [0.2, 0.25) is 0 Å². The van der Waals surface area contributed by atoms with Gasteiger partial charge < -0.3 is 20.1 Å². The molecule has 0 unspecified atom stereocenters. The molecule has 0 aliphatic rings. The molecule has 0 aliphatic carbocycles. The number of benzene rings is 2. The highest BCUT2D eigenvalue weighted by atomic mass is 79.9. The molecule has 2 aromatic rings. The summed E-state index contributed by atoms with van der Waals surface area (Å²) in [5.41, 5.74) is 3.40. The van der Waals surface area contributed by atoms with Gasteiger partial charge in [-0.15, -0.1) is 0 Å². The van der Waals surface area contributed by atoms with Gasteiger partial charge in [0.1, 0.15) is 0 Å². The Balaban J connectivity index is 1.97. The van der Waals surface area contributed by atoms with Gasteiger partial charge in [-0.1, -0.05) is 32.0 Å². The molecule has 32 heavy (non-hydrogen) atoms. The van der Waals surface area contributed by atoms with E-state index in [4.69, 9.17) is 9.47 Å². The maximum Gasteiger partial charge on any atom is 0.329 e. The normalized spacial score (nSPS) is 10.7. The molecule has 3 N–H and O–H groups in total. The van der Waals surface area contributed by atoms with Crippen LogP contribution in [-0.2, 0) is 14.4 Å². The van der Waals surface area contributed by atoms with Crippen molar-refractivity contribution in [3.63, 3.8) is 0 Å². The summed E-state index contributed by atoms with van der Waals surface area (Å²) in [6.07, 6.45) is 1.35. The van der Waals surface area contributed by atoms with Crippen molar-refractivity contribution in [1.29, 1.82) is 0 Å². The van der Waals surface area contributed by atoms with E-state index in [0.29, 0.717) is 33.8 Å². The van der Waals surface area contributed by atoms with E-state index in [1.165, 1.54) is 13.3 Å². The number of hydrogen-bond donors (Lipinski definition) is 3. The van der Waals surface area contributed by atoms with E-state index < -0.39 is 11.8 Å². The Kier molecular flexibility index (Phi) is 9.68. The van der Waals surface area contributed by atoms with Crippen molar-refractivity contribution < 1.29 is 23.9 Å². The fourth-order valence-electron chi connectivity index (χ4n) is 2.40. The lowest BCUT2D eigenvalue weighted by molar-refractivity contribution is -0.139. The van der Waals surface area contributed by atoms with Crippen molar-refractivity contribution in [2.24, 2.45) is 11.0 Å². The fraction of sp³-hybridized carbons (Fsp3) is 0.273. The number of ether oxygens (including phenoxy) is 2. The van der Waals surface area contributed by atoms with Gasteiger partial charge in [0.15, 0.2) is 18.1 Å². The van der Waals surface area contributed by atoms with Gasteiger partial charge in [-0.2, -0.15) is 5.10 Å². The van der Waals surface area contributed by atoms with Crippen LogP contribution in [0.5, 0.6) is 11.5 Å². The highest BCUT2D eigenvalue weighted by Gasteiger charge is 2.14. The summed E-state index contributed by atoms with van der Waals surface area (Å²) in [6.45, 7) is 4.01. The van der Waals surface area contributed by atoms with Crippen molar-refractivity contribution in [2.75, 3.05) is 25.6 Å². The Morgan fingerprint density at radius 2 is 1.84 bits per heavy atom. The van der Waals surface area contributed by atoms with Gasteiger partial charge in [0.25, 0.3) is 5.91 Å². The first kappa shape index (κ1) is 24.9. The molecule has 0 heterocycles. The van der Waals surface area contributed by atoms with Gasteiger partial charge in [0.05, 0.1) is 17.8 Å². The summed E-state index contributed by atoms with van der Waals surface area (Å²) in [4.78, 5) is 35.5. The molecule has 0 saturated carbocycles. The molecule has 170 valence electrons. The lowest BCUT2D eigenvalue weighted by Gasteiger charge is -2.13. The predicted octanol–water partition coefficient (Wildman–Crippen LogP) is 2.70. The SMILES string of the molecule is COc1cc(/C=N\NC(=O)C(=O)NCC(C)C)cc(Br)c1OCC(=O)Nc1ccccc1. The number of para-hydroxylation sites is 1. The van der Waals surface area contributed by atoms with Crippen molar-refractivity contribution in [3.05, 3.63) is 52.5 Å². The summed E-state index contributed by atoms with van der Waals surface area (Å²) in [7, 11) is 1.46. The Labute approximate surface area is 194 Å². The zero-order valence-corrected chi connectivity index (χ0v) is 19.6. The van der Waals surface area contributed by atoms with Crippen LogP contribution in [-0.4, -0.2) is 44.2 Å². The summed E-state index contributed by atoms with van der Waals surface area (Å²) in [5.74, 6) is -1.02. The molecule has 2 aromatic carbocycles. The summed E-state index contributed by atoms with van der Waals surface area (Å²) in [5, 5.41) is 9.02. The van der Waals surface area contributed by atoms with E-state index >= 15 is 0 Å². The first-order valence-corrected chi connectivity index (χ1v) is 10.6. The van der Waals surface area contributed by atoms with Crippen LogP contribution in [0.1, 0.15) is 19.4 Å². The number of nitrogens with one attached hydrogen (secondary N) is 3. The number of hydrogen-bond acceptors (Lipinski definition) is 6. The quantitative estimate of drug-likeness (QED) is 0.275. The van der Waals surface area contributed by atoms with Crippen LogP contribution in [0.15, 0.2) is 52.0 Å². The lowest BCUT2D eigenvalue weighted by Crippen LogP contribution is -2.39. The second kappa shape index (κ2) is 12.5. The number of rotatable bonds is 9. The van der Waals surface area contributed by atoms with Crippen LogP contribution in [0.3, 0.4) is 0 Å². The fourth-order valence-corrected chi connectivity index (χ4v) is 2.98. The second-order valence-corrected chi connectivity index (χ2v) is 7.89. The number of carbonyl (C=O) groups excluding carboxylic acids is 3. The average molecular weight is 505 g/mol. The Hall–Kier alpha value is -3.40. The maximum absolute atomic E-state index is 12.1. The van der Waals surface area contributed by atoms with Crippen LogP contribution in [0.2, 0.25) is 0 Å². The van der Waals surface area contributed by atoms with Crippen LogP contribution < -0.4 is 25.5 Å². The van der Waals surface area contributed by atoms with Crippen LogP contribution in [0, 0.1) is 5.92 Å². The largest absolute Gasteiger partial charge is 0.493 e. The average Bonchev–Trinajstić information content (AvgIpc) is 2.76. The van der Waals surface area contributed by atoms with Crippen LogP contribution in [0.4, 0.5) is 5.69 Å². The van der Waals surface area contributed by atoms with E-state index in [9.17, 15) is 14.4 Å².